The first-order valence-electron chi connectivity index (χ1n) is 10.2. The second-order valence-electron chi connectivity index (χ2n) is 7.41. The molecule has 0 aliphatic heterocycles. The predicted molar refractivity (Wildman–Crippen MR) is 123 cm³/mol. The van der Waals surface area contributed by atoms with Gasteiger partial charge in [-0.05, 0) is 57.2 Å². The maximum absolute atomic E-state index is 12.5. The van der Waals surface area contributed by atoms with E-state index in [-0.39, 0.29) is 28.5 Å². The van der Waals surface area contributed by atoms with Gasteiger partial charge in [-0.25, -0.2) is 4.68 Å². The summed E-state index contributed by atoms with van der Waals surface area (Å²) >= 11 is 1.09. The lowest BCUT2D eigenvalue weighted by Crippen LogP contribution is -2.15. The number of nitrogens with one attached hydrogen (secondary N) is 1. The Balaban J connectivity index is 1.37. The van der Waals surface area contributed by atoms with Gasteiger partial charge in [0.2, 0.25) is 11.8 Å². The van der Waals surface area contributed by atoms with E-state index < -0.39 is 6.61 Å². The molecule has 0 fully saturated rings. The highest BCUT2D eigenvalue weighted by atomic mass is 32.2. The highest BCUT2D eigenvalue weighted by Gasteiger charge is 2.17. The first kappa shape index (κ1) is 23.4. The van der Waals surface area contributed by atoms with E-state index in [1.165, 1.54) is 24.3 Å². The molecule has 1 N–H and O–H groups in total. The van der Waals surface area contributed by atoms with Gasteiger partial charge in [-0.3, -0.25) is 4.79 Å². The van der Waals surface area contributed by atoms with Gasteiger partial charge >= 0.3 is 6.61 Å². The number of rotatable bonds is 8. The Labute approximate surface area is 198 Å². The molecule has 0 aliphatic carbocycles. The summed E-state index contributed by atoms with van der Waals surface area (Å²) in [7, 11) is 0. The minimum absolute atomic E-state index is 0.0285. The second-order valence-corrected chi connectivity index (χ2v) is 8.33. The number of amides is 1. The topological polar surface area (TPSA) is 95.1 Å². The van der Waals surface area contributed by atoms with Gasteiger partial charge in [0.25, 0.3) is 5.22 Å². The number of benzene rings is 2. The van der Waals surface area contributed by atoms with Crippen molar-refractivity contribution in [2.24, 2.45) is 0 Å². The van der Waals surface area contributed by atoms with Crippen LogP contribution in [0.1, 0.15) is 17.0 Å². The van der Waals surface area contributed by atoms with Crippen LogP contribution in [-0.4, -0.2) is 38.2 Å². The number of aromatic nitrogens is 4. The number of aryl methyl sites for hydroxylation is 2. The van der Waals surface area contributed by atoms with Gasteiger partial charge in [0.1, 0.15) is 5.75 Å². The molecule has 0 bridgehead atoms. The number of carbonyl (C=O) groups is 1. The lowest BCUT2D eigenvalue weighted by molar-refractivity contribution is -0.113. The molecule has 0 saturated heterocycles. The van der Waals surface area contributed by atoms with Crippen LogP contribution in [0.2, 0.25) is 0 Å². The fourth-order valence-electron chi connectivity index (χ4n) is 3.23. The Morgan fingerprint density at radius 3 is 2.47 bits per heavy atom. The lowest BCUT2D eigenvalue weighted by Gasteiger charge is -2.07. The minimum atomic E-state index is -2.90. The van der Waals surface area contributed by atoms with Gasteiger partial charge in [0.05, 0.1) is 28.5 Å². The maximum atomic E-state index is 12.5. The number of thioether (sulfide) groups is 1. The molecule has 34 heavy (non-hydrogen) atoms. The standard InChI is InChI=1S/C23H21F2N5O3S/c1-13-4-8-17(9-5-13)30-15(3)20(14(2)29-30)26-19(31)12-34-23-28-27-21(33-23)16-6-10-18(11-7-16)32-22(24)25/h4-11,22H,12H2,1-3H3,(H,26,31). The fraction of sp³-hybridized carbons (Fsp3) is 0.217. The van der Waals surface area contributed by atoms with Crippen molar-refractivity contribution < 1.29 is 22.7 Å². The first-order valence-corrected chi connectivity index (χ1v) is 11.2. The molecule has 0 saturated carbocycles. The van der Waals surface area contributed by atoms with E-state index in [0.29, 0.717) is 16.9 Å². The molecule has 176 valence electrons. The largest absolute Gasteiger partial charge is 0.435 e. The summed E-state index contributed by atoms with van der Waals surface area (Å²) in [4.78, 5) is 12.5. The summed E-state index contributed by atoms with van der Waals surface area (Å²) in [5, 5.41) is 15.5. The van der Waals surface area contributed by atoms with Crippen LogP contribution < -0.4 is 10.1 Å². The van der Waals surface area contributed by atoms with E-state index in [4.69, 9.17) is 4.42 Å². The van der Waals surface area contributed by atoms with E-state index in [1.807, 2.05) is 45.0 Å². The molecule has 11 heteroatoms. The fourth-order valence-corrected chi connectivity index (χ4v) is 3.79. The summed E-state index contributed by atoms with van der Waals surface area (Å²) in [6.45, 7) is 2.85. The van der Waals surface area contributed by atoms with Crippen molar-refractivity contribution in [3.8, 4) is 22.9 Å². The Morgan fingerprint density at radius 1 is 1.09 bits per heavy atom. The molecule has 0 aliphatic rings. The average molecular weight is 486 g/mol. The van der Waals surface area contributed by atoms with E-state index in [0.717, 1.165) is 28.7 Å². The zero-order valence-corrected chi connectivity index (χ0v) is 19.4. The van der Waals surface area contributed by atoms with Crippen molar-refractivity contribution in [1.29, 1.82) is 0 Å². The molecule has 2 aromatic heterocycles. The number of alkyl halides is 2. The van der Waals surface area contributed by atoms with Crippen LogP contribution in [0.5, 0.6) is 5.75 Å². The van der Waals surface area contributed by atoms with Gasteiger partial charge < -0.3 is 14.5 Å². The van der Waals surface area contributed by atoms with E-state index in [2.05, 4.69) is 25.3 Å². The van der Waals surface area contributed by atoms with Crippen molar-refractivity contribution in [2.45, 2.75) is 32.6 Å². The highest BCUT2D eigenvalue weighted by molar-refractivity contribution is 7.99. The zero-order chi connectivity index (χ0) is 24.2. The number of ether oxygens (including phenoxy) is 1. The maximum Gasteiger partial charge on any atom is 0.387 e. The number of nitrogens with zero attached hydrogens (tertiary/aromatic N) is 4. The van der Waals surface area contributed by atoms with Crippen LogP contribution >= 0.6 is 11.8 Å². The normalized spacial score (nSPS) is 11.1. The van der Waals surface area contributed by atoms with E-state index in [9.17, 15) is 13.6 Å². The van der Waals surface area contributed by atoms with Crippen LogP contribution in [0.15, 0.2) is 58.2 Å². The molecular weight excluding hydrogens is 464 g/mol. The predicted octanol–water partition coefficient (Wildman–Crippen LogP) is 5.18. The van der Waals surface area contributed by atoms with Crippen molar-refractivity contribution in [3.05, 3.63) is 65.5 Å². The van der Waals surface area contributed by atoms with Gasteiger partial charge in [-0.2, -0.15) is 13.9 Å². The summed E-state index contributed by atoms with van der Waals surface area (Å²) in [6, 6.07) is 13.8. The van der Waals surface area contributed by atoms with Gasteiger partial charge in [0, 0.05) is 5.56 Å². The Bertz CT molecular complexity index is 1290. The lowest BCUT2D eigenvalue weighted by atomic mass is 10.2. The average Bonchev–Trinajstić information content (AvgIpc) is 3.39. The quantitative estimate of drug-likeness (QED) is 0.344. The minimum Gasteiger partial charge on any atom is -0.435 e. The van der Waals surface area contributed by atoms with Gasteiger partial charge in [-0.15, -0.1) is 10.2 Å². The van der Waals surface area contributed by atoms with Crippen LogP contribution in [0.25, 0.3) is 17.1 Å². The van der Waals surface area contributed by atoms with Gasteiger partial charge in [-0.1, -0.05) is 29.5 Å². The summed E-state index contributed by atoms with van der Waals surface area (Å²) in [6.07, 6.45) is 0. The summed E-state index contributed by atoms with van der Waals surface area (Å²) in [5.74, 6) is 0.0449. The Morgan fingerprint density at radius 2 is 1.79 bits per heavy atom. The molecule has 0 radical (unpaired) electrons. The van der Waals surface area contributed by atoms with Crippen molar-refractivity contribution in [1.82, 2.24) is 20.0 Å². The number of hydrogen-bond acceptors (Lipinski definition) is 7. The smallest absolute Gasteiger partial charge is 0.387 e. The first-order chi connectivity index (χ1) is 16.3. The van der Waals surface area contributed by atoms with Crippen molar-refractivity contribution in [3.63, 3.8) is 0 Å². The van der Waals surface area contributed by atoms with Crippen LogP contribution in [0, 0.1) is 20.8 Å². The molecule has 4 rings (SSSR count). The van der Waals surface area contributed by atoms with Crippen molar-refractivity contribution >= 4 is 23.4 Å². The van der Waals surface area contributed by atoms with E-state index >= 15 is 0 Å². The summed E-state index contributed by atoms with van der Waals surface area (Å²) < 4.78 is 36.2. The molecule has 2 aromatic carbocycles. The summed E-state index contributed by atoms with van der Waals surface area (Å²) in [5.41, 5.74) is 4.78. The SMILES string of the molecule is Cc1ccc(-n2nc(C)c(NC(=O)CSc3nnc(-c4ccc(OC(F)F)cc4)o3)c2C)cc1. The van der Waals surface area contributed by atoms with Gasteiger partial charge in [0.15, 0.2) is 0 Å². The number of hydrogen-bond donors (Lipinski definition) is 1. The number of anilines is 1. The number of carbonyl (C=O) groups excluding carboxylic acids is 1. The molecule has 2 heterocycles. The number of halogens is 2. The van der Waals surface area contributed by atoms with Crippen molar-refractivity contribution in [2.75, 3.05) is 11.1 Å². The third-order valence-corrected chi connectivity index (χ3v) is 5.71. The monoisotopic (exact) mass is 485 g/mol. The Kier molecular flexibility index (Phi) is 6.92. The zero-order valence-electron chi connectivity index (χ0n) is 18.6. The van der Waals surface area contributed by atoms with Crippen LogP contribution in [0.4, 0.5) is 14.5 Å². The third-order valence-electron chi connectivity index (χ3n) is 4.89. The third kappa shape index (κ3) is 5.42. The highest BCUT2D eigenvalue weighted by Crippen LogP contribution is 2.27. The van der Waals surface area contributed by atoms with E-state index in [1.54, 1.807) is 4.68 Å². The van der Waals surface area contributed by atoms with Crippen LogP contribution in [-0.2, 0) is 4.79 Å². The molecule has 0 spiro atoms. The molecule has 0 atom stereocenters. The molecule has 8 nitrogen and oxygen atoms in total. The van der Waals surface area contributed by atoms with Crippen LogP contribution in [0.3, 0.4) is 0 Å². The molecular formula is C23H21F2N5O3S. The molecule has 4 aromatic rings. The Hall–Kier alpha value is -3.73. The molecule has 1 amide bonds. The second kappa shape index (κ2) is 10.0. The molecule has 0 unspecified atom stereocenters.